The Morgan fingerprint density at radius 2 is 1.26 bits per heavy atom. The second-order valence-electron chi connectivity index (χ2n) is 4.18. The van der Waals surface area contributed by atoms with E-state index in [2.05, 4.69) is 0 Å². The van der Waals surface area contributed by atoms with Crippen LogP contribution in [-0.2, 0) is 6.42 Å². The lowest BCUT2D eigenvalue weighted by atomic mass is 10.1. The van der Waals surface area contributed by atoms with Crippen LogP contribution in [0, 0.1) is 0 Å². The molecule has 1 aliphatic carbocycles. The molecule has 0 N–H and O–H groups in total. The van der Waals surface area contributed by atoms with Gasteiger partial charge in [0, 0.05) is 17.5 Å². The van der Waals surface area contributed by atoms with Crippen molar-refractivity contribution in [1.29, 1.82) is 0 Å². The van der Waals surface area contributed by atoms with Crippen molar-refractivity contribution >= 4 is 69.6 Å². The summed E-state index contributed by atoms with van der Waals surface area (Å²) in [5.74, 6) is 0. The minimum absolute atomic E-state index is 0.232. The first kappa shape index (κ1) is 14.1. The average Bonchev–Trinajstić information content (AvgIpc) is 2.78. The summed E-state index contributed by atoms with van der Waals surface area (Å²) in [5, 5.41) is 2.18. The lowest BCUT2D eigenvalue weighted by Crippen LogP contribution is -1.87. The molecule has 2 aromatic carbocycles. The smallest absolute Gasteiger partial charge is 0.0800 e. The van der Waals surface area contributed by atoms with E-state index in [4.69, 9.17) is 69.6 Å². The van der Waals surface area contributed by atoms with Crippen LogP contribution in [-0.4, -0.2) is 0 Å². The van der Waals surface area contributed by atoms with Gasteiger partial charge < -0.3 is 0 Å². The van der Waals surface area contributed by atoms with Crippen LogP contribution in [0.15, 0.2) is 12.1 Å². The number of fused-ring (bicyclic) bond motifs is 3. The largest absolute Gasteiger partial charge is 0.0827 e. The monoisotopic (exact) mass is 370 g/mol. The first-order valence-corrected chi connectivity index (χ1v) is 7.52. The van der Waals surface area contributed by atoms with Crippen molar-refractivity contribution in [1.82, 2.24) is 0 Å². The molecule has 0 fully saturated rings. The van der Waals surface area contributed by atoms with Crippen molar-refractivity contribution in [3.8, 4) is 11.1 Å². The molecule has 0 aromatic heterocycles. The van der Waals surface area contributed by atoms with E-state index in [1.165, 1.54) is 0 Å². The van der Waals surface area contributed by atoms with Crippen LogP contribution >= 0.6 is 69.6 Å². The summed E-state index contributed by atoms with van der Waals surface area (Å²) >= 11 is 37.0. The fourth-order valence-corrected chi connectivity index (χ4v) is 3.79. The topological polar surface area (TPSA) is 0 Å². The first-order chi connectivity index (χ1) is 8.93. The van der Waals surface area contributed by atoms with Crippen LogP contribution in [0.3, 0.4) is 0 Å². The highest BCUT2D eigenvalue weighted by molar-refractivity contribution is 6.54. The quantitative estimate of drug-likeness (QED) is 0.289. The fourth-order valence-electron chi connectivity index (χ4n) is 2.30. The van der Waals surface area contributed by atoms with Crippen molar-refractivity contribution in [3.63, 3.8) is 0 Å². The third kappa shape index (κ3) is 1.97. The van der Waals surface area contributed by atoms with E-state index < -0.39 is 0 Å². The average molecular weight is 373 g/mol. The van der Waals surface area contributed by atoms with E-state index in [0.717, 1.165) is 22.3 Å². The lowest BCUT2D eigenvalue weighted by Gasteiger charge is -2.11. The van der Waals surface area contributed by atoms with Gasteiger partial charge in [-0.2, -0.15) is 0 Å². The molecule has 2 aromatic rings. The highest BCUT2D eigenvalue weighted by atomic mass is 35.5. The first-order valence-electron chi connectivity index (χ1n) is 5.25. The summed E-state index contributed by atoms with van der Waals surface area (Å²) in [5.41, 5.74) is 3.35. The molecule has 0 saturated carbocycles. The zero-order chi connectivity index (χ0) is 13.9. The van der Waals surface area contributed by atoms with Gasteiger partial charge in [-0.3, -0.25) is 0 Å². The number of hydrogen-bond donors (Lipinski definition) is 0. The van der Waals surface area contributed by atoms with Crippen molar-refractivity contribution in [2.24, 2.45) is 0 Å². The molecule has 0 unspecified atom stereocenters. The van der Waals surface area contributed by atoms with Gasteiger partial charge in [-0.15, -0.1) is 0 Å². The third-order valence-electron chi connectivity index (χ3n) is 3.16. The van der Waals surface area contributed by atoms with Gasteiger partial charge in [-0.1, -0.05) is 75.7 Å². The van der Waals surface area contributed by atoms with Gasteiger partial charge in [0.1, 0.15) is 0 Å². The van der Waals surface area contributed by atoms with E-state index in [1.807, 2.05) is 6.07 Å². The minimum Gasteiger partial charge on any atom is -0.0827 e. The molecule has 0 atom stereocenters. The Labute approximate surface area is 140 Å². The van der Waals surface area contributed by atoms with Gasteiger partial charge in [0.15, 0.2) is 0 Å². The molecule has 0 heterocycles. The maximum Gasteiger partial charge on any atom is 0.0800 e. The molecule has 3 rings (SSSR count). The molecule has 0 nitrogen and oxygen atoms in total. The molecule has 0 amide bonds. The Morgan fingerprint density at radius 3 is 1.95 bits per heavy atom. The predicted molar refractivity (Wildman–Crippen MR) is 84.7 cm³/mol. The van der Waals surface area contributed by atoms with Crippen LogP contribution in [0.5, 0.6) is 0 Å². The zero-order valence-electron chi connectivity index (χ0n) is 9.13. The zero-order valence-corrected chi connectivity index (χ0v) is 13.7. The molecule has 0 saturated heterocycles. The summed E-state index contributed by atoms with van der Waals surface area (Å²) < 4.78 is 0. The molecule has 98 valence electrons. The number of hydrogen-bond acceptors (Lipinski definition) is 0. The van der Waals surface area contributed by atoms with Gasteiger partial charge in [-0.25, -0.2) is 0 Å². The van der Waals surface area contributed by atoms with Crippen LogP contribution < -0.4 is 0 Å². The predicted octanol–water partition coefficient (Wildman–Crippen LogP) is 7.18. The minimum atomic E-state index is 0.232. The molecule has 0 radical (unpaired) electrons. The number of halogens is 6. The van der Waals surface area contributed by atoms with E-state index in [0.29, 0.717) is 26.5 Å². The Kier molecular flexibility index (Phi) is 3.63. The Hall–Kier alpha value is 0.180. The van der Waals surface area contributed by atoms with Crippen molar-refractivity contribution in [2.75, 3.05) is 0 Å². The Morgan fingerprint density at radius 1 is 0.632 bits per heavy atom. The Balaban J connectivity index is 2.45. The second-order valence-corrected chi connectivity index (χ2v) is 6.48. The van der Waals surface area contributed by atoms with Crippen molar-refractivity contribution in [3.05, 3.63) is 53.4 Å². The lowest BCUT2D eigenvalue weighted by molar-refractivity contribution is 1.26. The van der Waals surface area contributed by atoms with Crippen molar-refractivity contribution < 1.29 is 0 Å². The molecule has 0 spiro atoms. The van der Waals surface area contributed by atoms with Crippen LogP contribution in [0.1, 0.15) is 11.1 Å². The van der Waals surface area contributed by atoms with Crippen LogP contribution in [0.25, 0.3) is 11.1 Å². The van der Waals surface area contributed by atoms with Crippen molar-refractivity contribution in [2.45, 2.75) is 6.42 Å². The van der Waals surface area contributed by atoms with Gasteiger partial charge in [0.05, 0.1) is 30.1 Å². The fraction of sp³-hybridized carbons (Fsp3) is 0.0769. The number of rotatable bonds is 0. The van der Waals surface area contributed by atoms with Gasteiger partial charge in [0.2, 0.25) is 0 Å². The normalized spacial score (nSPS) is 12.5. The molecular formula is C13H4Cl6. The summed E-state index contributed by atoms with van der Waals surface area (Å²) in [7, 11) is 0. The van der Waals surface area contributed by atoms with Crippen LogP contribution in [0.4, 0.5) is 0 Å². The van der Waals surface area contributed by atoms with E-state index in [-0.39, 0.29) is 10.0 Å². The number of benzene rings is 2. The third-order valence-corrected chi connectivity index (χ3v) is 5.81. The highest BCUT2D eigenvalue weighted by Gasteiger charge is 2.30. The SMILES string of the molecule is Clc1ccc2c(c1Cl)-c1c(Cl)c(Cl)c(Cl)c(Cl)c1C2. The molecule has 0 aliphatic heterocycles. The van der Waals surface area contributed by atoms with Gasteiger partial charge >= 0.3 is 0 Å². The van der Waals surface area contributed by atoms with E-state index in [1.54, 1.807) is 6.07 Å². The van der Waals surface area contributed by atoms with Gasteiger partial charge in [0.25, 0.3) is 0 Å². The highest BCUT2D eigenvalue weighted by Crippen LogP contribution is 2.53. The van der Waals surface area contributed by atoms with E-state index >= 15 is 0 Å². The Bertz CT molecular complexity index is 720. The van der Waals surface area contributed by atoms with E-state index in [9.17, 15) is 0 Å². The second kappa shape index (κ2) is 4.87. The molecular weight excluding hydrogens is 369 g/mol. The summed E-state index contributed by atoms with van der Waals surface area (Å²) in [4.78, 5) is 0. The maximum absolute atomic E-state index is 6.29. The molecule has 19 heavy (non-hydrogen) atoms. The summed E-state index contributed by atoms with van der Waals surface area (Å²) in [6, 6.07) is 3.65. The standard InChI is InChI=1S/C13H4Cl6/c14-6-2-1-4-3-5-8(7(4)10(6)16)11(17)13(19)12(18)9(5)15/h1-2H,3H2. The van der Waals surface area contributed by atoms with Crippen LogP contribution in [0.2, 0.25) is 30.1 Å². The molecule has 0 bridgehead atoms. The summed E-state index contributed by atoms with van der Waals surface area (Å²) in [6.45, 7) is 0. The summed E-state index contributed by atoms with van der Waals surface area (Å²) in [6.07, 6.45) is 0.608. The maximum atomic E-state index is 6.29. The molecule has 6 heteroatoms. The molecule has 1 aliphatic rings. The van der Waals surface area contributed by atoms with Gasteiger partial charge in [-0.05, 0) is 17.2 Å².